The summed E-state index contributed by atoms with van der Waals surface area (Å²) in [7, 11) is 1.78. The first kappa shape index (κ1) is 14.0. The molecule has 0 aromatic carbocycles. The van der Waals surface area contributed by atoms with Gasteiger partial charge in [0.25, 0.3) is 5.56 Å². The summed E-state index contributed by atoms with van der Waals surface area (Å²) < 4.78 is 2.78. The second-order valence-corrected chi connectivity index (χ2v) is 4.52. The first-order chi connectivity index (χ1) is 9.65. The Labute approximate surface area is 116 Å². The van der Waals surface area contributed by atoms with E-state index in [2.05, 4.69) is 10.3 Å². The smallest absolute Gasteiger partial charge is 0.331 e. The lowest BCUT2D eigenvalue weighted by Crippen LogP contribution is -2.39. The van der Waals surface area contributed by atoms with Crippen LogP contribution in [0.1, 0.15) is 18.9 Å². The molecule has 0 bridgehead atoms. The maximum absolute atomic E-state index is 12.2. The number of hydrogen-bond donors (Lipinski definition) is 1. The van der Waals surface area contributed by atoms with Crippen LogP contribution in [0.4, 0.5) is 5.82 Å². The third-order valence-electron chi connectivity index (χ3n) is 3.03. The fraction of sp³-hybridized carbons (Fsp3) is 0.357. The fourth-order valence-corrected chi connectivity index (χ4v) is 1.96. The van der Waals surface area contributed by atoms with Crippen LogP contribution >= 0.6 is 0 Å². The normalized spacial score (nSPS) is 10.5. The average molecular weight is 274 g/mol. The molecule has 2 aromatic rings. The highest BCUT2D eigenvalue weighted by molar-refractivity contribution is 5.34. The zero-order valence-corrected chi connectivity index (χ0v) is 11.7. The van der Waals surface area contributed by atoms with Crippen LogP contribution in [0.5, 0.6) is 0 Å². The third kappa shape index (κ3) is 2.96. The van der Waals surface area contributed by atoms with Crippen LogP contribution in [0.25, 0.3) is 0 Å². The molecule has 20 heavy (non-hydrogen) atoms. The molecule has 106 valence electrons. The molecule has 0 spiro atoms. The summed E-state index contributed by atoms with van der Waals surface area (Å²) in [6.07, 6.45) is 4.05. The maximum Gasteiger partial charge on any atom is 0.331 e. The van der Waals surface area contributed by atoms with Crippen molar-refractivity contribution < 1.29 is 0 Å². The van der Waals surface area contributed by atoms with Gasteiger partial charge in [-0.1, -0.05) is 13.0 Å². The Kier molecular flexibility index (Phi) is 4.34. The Morgan fingerprint density at radius 2 is 2.05 bits per heavy atom. The van der Waals surface area contributed by atoms with E-state index in [1.807, 2.05) is 19.1 Å². The Bertz CT molecular complexity index is 686. The van der Waals surface area contributed by atoms with Gasteiger partial charge in [-0.3, -0.25) is 9.36 Å². The molecular weight excluding hydrogens is 256 g/mol. The van der Waals surface area contributed by atoms with Crippen LogP contribution in [-0.4, -0.2) is 21.2 Å². The van der Waals surface area contributed by atoms with E-state index >= 15 is 0 Å². The van der Waals surface area contributed by atoms with E-state index in [1.165, 1.54) is 10.6 Å². The summed E-state index contributed by atoms with van der Waals surface area (Å²) in [6, 6.07) is 5.09. The number of nitrogens with zero attached hydrogens (tertiary/aromatic N) is 3. The summed E-state index contributed by atoms with van der Waals surface area (Å²) in [4.78, 5) is 28.2. The highest BCUT2D eigenvalue weighted by Crippen LogP contribution is 2.04. The van der Waals surface area contributed by atoms with E-state index in [9.17, 15) is 9.59 Å². The van der Waals surface area contributed by atoms with E-state index in [0.717, 1.165) is 17.8 Å². The highest BCUT2D eigenvalue weighted by Gasteiger charge is 2.06. The Morgan fingerprint density at radius 3 is 2.65 bits per heavy atom. The topological polar surface area (TPSA) is 68.9 Å². The Balaban J connectivity index is 2.34. The molecule has 2 rings (SSSR count). The quantitative estimate of drug-likeness (QED) is 0.879. The molecule has 1 N–H and O–H groups in total. The number of rotatable bonds is 5. The van der Waals surface area contributed by atoms with Crippen molar-refractivity contribution in [3.63, 3.8) is 0 Å². The van der Waals surface area contributed by atoms with Crippen molar-refractivity contribution in [1.29, 1.82) is 0 Å². The molecule has 0 aliphatic rings. The summed E-state index contributed by atoms with van der Waals surface area (Å²) in [5, 5.41) is 2.92. The highest BCUT2D eigenvalue weighted by atomic mass is 16.2. The van der Waals surface area contributed by atoms with Crippen LogP contribution in [-0.2, 0) is 13.1 Å². The molecule has 0 radical (unpaired) electrons. The average Bonchev–Trinajstić information content (AvgIpc) is 2.47. The van der Waals surface area contributed by atoms with Gasteiger partial charge in [0.05, 0.1) is 6.54 Å². The fourth-order valence-electron chi connectivity index (χ4n) is 1.96. The number of aromatic nitrogens is 3. The molecule has 0 saturated heterocycles. The minimum Gasteiger partial charge on any atom is -0.373 e. The molecular formula is C14H18N4O2. The standard InChI is InChI=1S/C14H18N4O2/c1-3-7-17-8-6-13(19)18(14(17)20)10-11-4-5-12(15-2)16-9-11/h4-6,8-9H,3,7,10H2,1-2H3,(H,15,16). The molecule has 0 aliphatic carbocycles. The lowest BCUT2D eigenvalue weighted by atomic mass is 10.3. The van der Waals surface area contributed by atoms with Gasteiger partial charge < -0.3 is 9.88 Å². The Hall–Kier alpha value is -2.37. The molecule has 0 saturated carbocycles. The molecule has 2 aromatic heterocycles. The van der Waals surface area contributed by atoms with Gasteiger partial charge in [-0.25, -0.2) is 9.78 Å². The molecule has 2 heterocycles. The van der Waals surface area contributed by atoms with Gasteiger partial charge in [0.15, 0.2) is 0 Å². The predicted octanol–water partition coefficient (Wildman–Crippen LogP) is 0.905. The van der Waals surface area contributed by atoms with Crippen molar-refractivity contribution >= 4 is 5.82 Å². The van der Waals surface area contributed by atoms with Crippen molar-refractivity contribution in [2.45, 2.75) is 26.4 Å². The number of nitrogens with one attached hydrogen (secondary N) is 1. The summed E-state index contributed by atoms with van der Waals surface area (Å²) in [6.45, 7) is 2.83. The number of aryl methyl sites for hydroxylation is 1. The first-order valence-electron chi connectivity index (χ1n) is 6.58. The van der Waals surface area contributed by atoms with Crippen LogP contribution in [0, 0.1) is 0 Å². The van der Waals surface area contributed by atoms with E-state index in [1.54, 1.807) is 24.0 Å². The van der Waals surface area contributed by atoms with Crippen LogP contribution in [0.2, 0.25) is 0 Å². The second-order valence-electron chi connectivity index (χ2n) is 4.52. The van der Waals surface area contributed by atoms with Crippen molar-refractivity contribution in [3.05, 3.63) is 57.0 Å². The zero-order valence-electron chi connectivity index (χ0n) is 11.7. The Morgan fingerprint density at radius 1 is 1.25 bits per heavy atom. The van der Waals surface area contributed by atoms with Crippen LogP contribution < -0.4 is 16.6 Å². The summed E-state index contributed by atoms with van der Waals surface area (Å²) in [5.41, 5.74) is 0.245. The van der Waals surface area contributed by atoms with Crippen molar-refractivity contribution in [3.8, 4) is 0 Å². The molecule has 0 unspecified atom stereocenters. The minimum atomic E-state index is -0.292. The van der Waals surface area contributed by atoms with Crippen LogP contribution in [0.15, 0.2) is 40.2 Å². The van der Waals surface area contributed by atoms with Crippen molar-refractivity contribution in [2.24, 2.45) is 0 Å². The zero-order chi connectivity index (χ0) is 14.5. The van der Waals surface area contributed by atoms with Crippen LogP contribution in [0.3, 0.4) is 0 Å². The SMILES string of the molecule is CCCn1ccc(=O)n(Cc2ccc(NC)nc2)c1=O. The maximum atomic E-state index is 12.2. The lowest BCUT2D eigenvalue weighted by Gasteiger charge is -2.09. The van der Waals surface area contributed by atoms with Gasteiger partial charge >= 0.3 is 5.69 Å². The van der Waals surface area contributed by atoms with Gasteiger partial charge in [0.2, 0.25) is 0 Å². The van der Waals surface area contributed by atoms with Gasteiger partial charge in [0, 0.05) is 32.1 Å². The molecule has 0 amide bonds. The van der Waals surface area contributed by atoms with Crippen molar-refractivity contribution in [1.82, 2.24) is 14.1 Å². The van der Waals surface area contributed by atoms with Gasteiger partial charge in [-0.2, -0.15) is 0 Å². The second kappa shape index (κ2) is 6.18. The van der Waals surface area contributed by atoms with E-state index in [0.29, 0.717) is 6.54 Å². The predicted molar refractivity (Wildman–Crippen MR) is 78.1 cm³/mol. The van der Waals surface area contributed by atoms with E-state index in [4.69, 9.17) is 0 Å². The molecule has 0 atom stereocenters. The lowest BCUT2D eigenvalue weighted by molar-refractivity contribution is 0.570. The summed E-state index contributed by atoms with van der Waals surface area (Å²) >= 11 is 0. The largest absolute Gasteiger partial charge is 0.373 e. The number of pyridine rings is 1. The molecule has 0 fully saturated rings. The third-order valence-corrected chi connectivity index (χ3v) is 3.03. The van der Waals surface area contributed by atoms with E-state index < -0.39 is 0 Å². The molecule has 6 nitrogen and oxygen atoms in total. The van der Waals surface area contributed by atoms with Gasteiger partial charge in [-0.15, -0.1) is 0 Å². The van der Waals surface area contributed by atoms with Gasteiger partial charge in [-0.05, 0) is 18.1 Å². The number of anilines is 1. The summed E-state index contributed by atoms with van der Waals surface area (Å²) in [5.74, 6) is 0.748. The van der Waals surface area contributed by atoms with Gasteiger partial charge in [0.1, 0.15) is 5.82 Å². The van der Waals surface area contributed by atoms with Crippen molar-refractivity contribution in [2.75, 3.05) is 12.4 Å². The monoisotopic (exact) mass is 274 g/mol. The number of hydrogen-bond acceptors (Lipinski definition) is 4. The molecule has 0 aliphatic heterocycles. The first-order valence-corrected chi connectivity index (χ1v) is 6.58. The molecule has 6 heteroatoms. The van der Waals surface area contributed by atoms with E-state index in [-0.39, 0.29) is 17.8 Å². The minimum absolute atomic E-state index is 0.235.